The molecule has 5 aliphatic carbocycles. The van der Waals surface area contributed by atoms with E-state index in [1.165, 1.54) is 49.7 Å². The first-order chi connectivity index (χ1) is 20.1. The van der Waals surface area contributed by atoms with Gasteiger partial charge in [-0.1, -0.05) is 60.7 Å². The van der Waals surface area contributed by atoms with Crippen molar-refractivity contribution in [2.75, 3.05) is 0 Å². The van der Waals surface area contributed by atoms with Crippen molar-refractivity contribution in [3.63, 3.8) is 0 Å². The van der Waals surface area contributed by atoms with E-state index in [9.17, 15) is 0 Å². The van der Waals surface area contributed by atoms with Gasteiger partial charge >= 0.3 is 194 Å². The van der Waals surface area contributed by atoms with Crippen molar-refractivity contribution in [3.8, 4) is 11.1 Å². The first kappa shape index (κ1) is 30.5. The van der Waals surface area contributed by atoms with Crippen LogP contribution in [0.25, 0.3) is 11.1 Å². The van der Waals surface area contributed by atoms with Crippen molar-refractivity contribution >= 4 is 16.0 Å². The molecule has 4 bridgehead atoms. The minimum Gasteiger partial charge on any atom is -0.0622 e. The molecule has 0 amide bonds. The van der Waals surface area contributed by atoms with E-state index in [-0.39, 0.29) is 0 Å². The van der Waals surface area contributed by atoms with E-state index in [1.807, 2.05) is 15.4 Å². The second kappa shape index (κ2) is 12.1. The standard InChI is InChI=1S/C12H10.C11H18N.C9H13.C6H7Ge.CH3.Zr/c1-3-7-11(8-4-1)12-9-5-2-6-10-12;1-10-3-8-2-9(4-10)6-11(12,5-8)7-10;1-6-5-7(2)9(4)8(6)3;7-6-4-2-1-3-5-6;;/h1-10H;8-9,12H,2-7H2,1H3;6H,1-4H3;1-5H,7H2;1H3;/q;-1;;;;+1. The largest absolute Gasteiger partial charge is 0.0622 e. The number of hydrogen-bond donors (Lipinski definition) is 1. The molecule has 4 fully saturated rings. The van der Waals surface area contributed by atoms with Crippen LogP contribution in [0.4, 0.5) is 0 Å². The Hall–Kier alpha value is -1.47. The molecule has 8 rings (SSSR count). The van der Waals surface area contributed by atoms with Crippen molar-refractivity contribution in [1.29, 1.82) is 0 Å². The maximum Gasteiger partial charge on any atom is -0.0184 e. The molecule has 3 aromatic rings. The summed E-state index contributed by atoms with van der Waals surface area (Å²) < 4.78 is 11.3. The van der Waals surface area contributed by atoms with E-state index in [2.05, 4.69) is 118 Å². The van der Waals surface area contributed by atoms with Crippen LogP contribution in [0.15, 0.2) is 111 Å². The molecule has 0 spiro atoms. The normalized spacial score (nSPS) is 31.4. The SMILES string of the molecule is CC1=C(C)C(C)[C]([Zr]([CH3])([NH]C23CC4CC(CC(C)(C4)C2)C3)[GeH2][c]2ccccc2)=C1C.c1ccc(-c2ccccc2)cc1. The van der Waals surface area contributed by atoms with Crippen LogP contribution in [0, 0.1) is 23.2 Å². The summed E-state index contributed by atoms with van der Waals surface area (Å²) in [6, 6.07) is 32.5. The number of nitrogens with one attached hydrogen (secondary N) is 1. The molecule has 3 heteroatoms. The molecule has 4 atom stereocenters. The summed E-state index contributed by atoms with van der Waals surface area (Å²) in [6.45, 7) is 12.4. The molecule has 0 aliphatic heterocycles. The Kier molecular flexibility index (Phi) is 8.83. The van der Waals surface area contributed by atoms with Gasteiger partial charge in [0.05, 0.1) is 0 Å². The third-order valence-corrected chi connectivity index (χ3v) is 43.5. The van der Waals surface area contributed by atoms with Crippen LogP contribution in [-0.4, -0.2) is 17.2 Å². The topological polar surface area (TPSA) is 12.0 Å². The molecule has 3 aromatic carbocycles. The van der Waals surface area contributed by atoms with Gasteiger partial charge in [-0.05, 0) is 11.1 Å². The van der Waals surface area contributed by atoms with Crippen LogP contribution < -0.4 is 7.66 Å². The molecule has 1 N–H and O–H groups in total. The van der Waals surface area contributed by atoms with E-state index >= 15 is 0 Å². The van der Waals surface area contributed by atoms with Crippen molar-refractivity contribution in [2.24, 2.45) is 23.2 Å². The van der Waals surface area contributed by atoms with Gasteiger partial charge in [-0.3, -0.25) is 0 Å². The summed E-state index contributed by atoms with van der Waals surface area (Å²) in [4.78, 5) is 0. The Morgan fingerprint density at radius 3 is 1.67 bits per heavy atom. The third kappa shape index (κ3) is 6.20. The molecule has 0 radical (unpaired) electrons. The van der Waals surface area contributed by atoms with E-state index in [0.29, 0.717) is 16.9 Å². The number of rotatable bonds is 6. The molecule has 0 heterocycles. The van der Waals surface area contributed by atoms with Gasteiger partial charge in [-0.25, -0.2) is 0 Å². The zero-order chi connectivity index (χ0) is 29.5. The smallest absolute Gasteiger partial charge is 0.0184 e. The molecular weight excluding hydrogens is 646 g/mol. The summed E-state index contributed by atoms with van der Waals surface area (Å²) in [7, 11) is 0. The molecule has 4 unspecified atom stereocenters. The molecule has 0 saturated heterocycles. The zero-order valence-corrected chi connectivity index (χ0v) is 32.3. The van der Waals surface area contributed by atoms with Gasteiger partial charge in [-0.2, -0.15) is 0 Å². The van der Waals surface area contributed by atoms with Crippen LogP contribution in [0.2, 0.25) is 4.63 Å². The molecule has 42 heavy (non-hydrogen) atoms. The van der Waals surface area contributed by atoms with Crippen LogP contribution in [-0.2, 0) is 18.0 Å². The maximum absolute atomic E-state index is 4.76. The summed E-state index contributed by atoms with van der Waals surface area (Å²) in [5.41, 5.74) is 8.59. The van der Waals surface area contributed by atoms with Gasteiger partial charge in [0.25, 0.3) is 0 Å². The van der Waals surface area contributed by atoms with Gasteiger partial charge in [0, 0.05) is 0 Å². The Labute approximate surface area is 264 Å². The van der Waals surface area contributed by atoms with Crippen molar-refractivity contribution in [2.45, 2.75) is 83.3 Å². The molecule has 0 aromatic heterocycles. The van der Waals surface area contributed by atoms with Crippen LogP contribution in [0.1, 0.15) is 73.1 Å². The minimum atomic E-state index is -2.68. The Morgan fingerprint density at radius 2 is 1.21 bits per heavy atom. The number of allylic oxidation sites excluding steroid dienone is 4. The third-order valence-electron chi connectivity index (χ3n) is 11.4. The molecule has 5 aliphatic rings. The second-order valence-corrected chi connectivity index (χ2v) is 48.0. The average Bonchev–Trinajstić information content (AvgIpc) is 3.15. The van der Waals surface area contributed by atoms with E-state index in [1.54, 1.807) is 21.1 Å². The Bertz CT molecular complexity index is 1410. The number of benzene rings is 3. The average molecular weight is 698 g/mol. The summed E-state index contributed by atoms with van der Waals surface area (Å²) in [5, 5.41) is 0. The molecule has 220 valence electrons. The Morgan fingerprint density at radius 1 is 0.714 bits per heavy atom. The maximum atomic E-state index is 4.76. The van der Waals surface area contributed by atoms with Crippen molar-refractivity contribution in [3.05, 3.63) is 111 Å². The predicted octanol–water partition coefficient (Wildman–Crippen LogP) is 9.07. The van der Waals surface area contributed by atoms with Crippen molar-refractivity contribution < 1.29 is 18.0 Å². The Balaban J connectivity index is 0.000000219. The predicted molar refractivity (Wildman–Crippen MR) is 181 cm³/mol. The van der Waals surface area contributed by atoms with Gasteiger partial charge in [0.15, 0.2) is 0 Å². The first-order valence-electron chi connectivity index (χ1n) is 16.4. The van der Waals surface area contributed by atoms with E-state index in [0.717, 1.165) is 11.8 Å². The van der Waals surface area contributed by atoms with Crippen molar-refractivity contribution in [1.82, 2.24) is 3.26 Å². The number of hydrogen-bond acceptors (Lipinski definition) is 1. The van der Waals surface area contributed by atoms with Crippen LogP contribution in [0.3, 0.4) is 0 Å². The second-order valence-electron chi connectivity index (χ2n) is 15.0. The first-order valence-corrected chi connectivity index (χ1v) is 33.3. The molecule has 4 saturated carbocycles. The fraction of sp³-hybridized carbons (Fsp3) is 0.436. The quantitative estimate of drug-likeness (QED) is 0.254. The van der Waals surface area contributed by atoms with Crippen LogP contribution >= 0.6 is 0 Å². The van der Waals surface area contributed by atoms with Crippen LogP contribution in [0.5, 0.6) is 0 Å². The minimum absolute atomic E-state index is 0.473. The fourth-order valence-electron chi connectivity index (χ4n) is 10.2. The van der Waals surface area contributed by atoms with E-state index < -0.39 is 29.7 Å². The zero-order valence-electron chi connectivity index (χ0n) is 26.8. The monoisotopic (exact) mass is 697 g/mol. The molecular formula is C39H51GeNZr. The van der Waals surface area contributed by atoms with Gasteiger partial charge in [0.2, 0.25) is 0 Å². The van der Waals surface area contributed by atoms with Gasteiger partial charge < -0.3 is 0 Å². The summed E-state index contributed by atoms with van der Waals surface area (Å²) >= 11 is -3.57. The summed E-state index contributed by atoms with van der Waals surface area (Å²) in [6.07, 6.45) is 8.98. The summed E-state index contributed by atoms with van der Waals surface area (Å²) in [5.74, 6) is 2.68. The van der Waals surface area contributed by atoms with E-state index in [4.69, 9.17) is 3.26 Å². The van der Waals surface area contributed by atoms with Gasteiger partial charge in [-0.15, -0.1) is 0 Å². The fourth-order valence-corrected chi connectivity index (χ4v) is 51.6. The molecule has 1 nitrogen and oxygen atoms in total. The van der Waals surface area contributed by atoms with Gasteiger partial charge in [0.1, 0.15) is 0 Å².